The van der Waals surface area contributed by atoms with Crippen molar-refractivity contribution in [1.29, 1.82) is 0 Å². The van der Waals surface area contributed by atoms with E-state index >= 15 is 0 Å². The lowest BCUT2D eigenvalue weighted by Crippen LogP contribution is -2.24. The first-order valence-corrected chi connectivity index (χ1v) is 5.17. The molecule has 0 spiro atoms. The van der Waals surface area contributed by atoms with Crippen LogP contribution in [0.25, 0.3) is 0 Å². The van der Waals surface area contributed by atoms with E-state index in [1.165, 1.54) is 0 Å². The minimum absolute atomic E-state index is 0.532. The highest BCUT2D eigenvalue weighted by molar-refractivity contribution is 5.01. The minimum Gasteiger partial charge on any atom is -0.339 e. The molecule has 0 saturated heterocycles. The van der Waals surface area contributed by atoms with Crippen LogP contribution in [-0.4, -0.2) is 28.1 Å². The van der Waals surface area contributed by atoms with Crippen LogP contribution in [-0.2, 0) is 13.0 Å². The third kappa shape index (κ3) is 3.76. The summed E-state index contributed by atoms with van der Waals surface area (Å²) >= 11 is 0. The Morgan fingerprint density at radius 3 is 2.81 bits per heavy atom. The molecule has 84 valence electrons. The van der Waals surface area contributed by atoms with Gasteiger partial charge in [0.2, 0.25) is 5.89 Å². The Morgan fingerprint density at radius 2 is 2.25 bits per heavy atom. The molecule has 0 aliphatic rings. The van der Waals surface area contributed by atoms with Gasteiger partial charge in [-0.25, -0.2) is 0 Å². The maximum atomic E-state index is 5.28. The second kappa shape index (κ2) is 6.66. The molecule has 1 rings (SSSR count). The van der Waals surface area contributed by atoms with Crippen molar-refractivity contribution < 1.29 is 4.52 Å². The molecule has 0 saturated carbocycles. The van der Waals surface area contributed by atoms with E-state index in [0.29, 0.717) is 31.3 Å². The zero-order chi connectivity index (χ0) is 11.8. The summed E-state index contributed by atoms with van der Waals surface area (Å²) < 4.78 is 5.02. The monoisotopic (exact) mass is 217 g/mol. The molecule has 1 aromatic rings. The maximum Gasteiger partial charge on any atom is 0.226 e. The number of hydrogen-bond acceptors (Lipinski definition) is 4. The van der Waals surface area contributed by atoms with Crippen molar-refractivity contribution >= 4 is 0 Å². The van der Waals surface area contributed by atoms with Crippen molar-refractivity contribution in [2.75, 3.05) is 13.1 Å². The van der Waals surface area contributed by atoms with Gasteiger partial charge in [0.25, 0.3) is 0 Å². The molecule has 0 bridgehead atoms. The molecule has 0 N–H and O–H groups in total. The van der Waals surface area contributed by atoms with Crippen LogP contribution in [0.15, 0.2) is 4.52 Å². The number of aromatic nitrogens is 2. The molecule has 0 atom stereocenters. The Bertz CT molecular complexity index is 419. The summed E-state index contributed by atoms with van der Waals surface area (Å²) in [7, 11) is 0. The van der Waals surface area contributed by atoms with Gasteiger partial charge >= 0.3 is 0 Å². The first-order chi connectivity index (χ1) is 7.80. The molecule has 4 nitrogen and oxygen atoms in total. The van der Waals surface area contributed by atoms with Crippen molar-refractivity contribution in [3.8, 4) is 24.2 Å². The fourth-order valence-corrected chi connectivity index (χ4v) is 1.19. The van der Waals surface area contributed by atoms with E-state index in [1.54, 1.807) is 6.92 Å². The van der Waals surface area contributed by atoms with Crippen LogP contribution in [0.1, 0.15) is 25.6 Å². The number of rotatable bonds is 5. The van der Waals surface area contributed by atoms with Gasteiger partial charge < -0.3 is 4.52 Å². The van der Waals surface area contributed by atoms with Gasteiger partial charge in [0.1, 0.15) is 0 Å². The number of nitrogens with zero attached hydrogens (tertiary/aromatic N) is 3. The first kappa shape index (κ1) is 12.3. The largest absolute Gasteiger partial charge is 0.339 e. The molecule has 4 heteroatoms. The Kier molecular flexibility index (Phi) is 5.11. The fourth-order valence-electron chi connectivity index (χ4n) is 1.19. The molecule has 0 unspecified atom stereocenters. The number of terminal acetylenes is 1. The van der Waals surface area contributed by atoms with Gasteiger partial charge in [-0.2, -0.15) is 4.98 Å². The van der Waals surface area contributed by atoms with Gasteiger partial charge in [-0.05, 0) is 6.92 Å². The van der Waals surface area contributed by atoms with Crippen LogP contribution in [0.2, 0.25) is 0 Å². The molecular weight excluding hydrogens is 202 g/mol. The van der Waals surface area contributed by atoms with E-state index in [9.17, 15) is 0 Å². The lowest BCUT2D eigenvalue weighted by Gasteiger charge is -2.13. The molecule has 1 aromatic heterocycles. The summed E-state index contributed by atoms with van der Waals surface area (Å²) in [5, 5.41) is 3.87. The van der Waals surface area contributed by atoms with Crippen LogP contribution in [0.3, 0.4) is 0 Å². The summed E-state index contributed by atoms with van der Waals surface area (Å²) in [5.74, 6) is 9.70. The van der Waals surface area contributed by atoms with Crippen LogP contribution in [0.5, 0.6) is 0 Å². The molecule has 0 fully saturated rings. The van der Waals surface area contributed by atoms with E-state index < -0.39 is 0 Å². The lowest BCUT2D eigenvalue weighted by molar-refractivity contribution is 0.314. The predicted molar refractivity (Wildman–Crippen MR) is 61.2 cm³/mol. The number of aryl methyl sites for hydroxylation is 1. The highest BCUT2D eigenvalue weighted by Crippen LogP contribution is 2.01. The molecular formula is C12H15N3O. The van der Waals surface area contributed by atoms with E-state index in [-0.39, 0.29) is 0 Å². The second-order valence-corrected chi connectivity index (χ2v) is 3.23. The fraction of sp³-hybridized carbons (Fsp3) is 0.500. The third-order valence-electron chi connectivity index (χ3n) is 1.97. The van der Waals surface area contributed by atoms with Crippen LogP contribution < -0.4 is 0 Å². The molecule has 16 heavy (non-hydrogen) atoms. The normalized spacial score (nSPS) is 9.62. The van der Waals surface area contributed by atoms with Gasteiger partial charge in [-0.1, -0.05) is 23.9 Å². The minimum atomic E-state index is 0.532. The zero-order valence-corrected chi connectivity index (χ0v) is 9.66. The van der Waals surface area contributed by atoms with Gasteiger partial charge in [0.05, 0.1) is 19.6 Å². The van der Waals surface area contributed by atoms with E-state index in [0.717, 1.165) is 6.42 Å². The van der Waals surface area contributed by atoms with Gasteiger partial charge in [-0.15, -0.1) is 12.3 Å². The third-order valence-corrected chi connectivity index (χ3v) is 1.97. The Hall–Kier alpha value is -1.78. The van der Waals surface area contributed by atoms with Crippen LogP contribution >= 0.6 is 0 Å². The quantitative estimate of drug-likeness (QED) is 0.692. The molecule has 0 radical (unpaired) electrons. The maximum absolute atomic E-state index is 5.28. The predicted octanol–water partition coefficient (Wildman–Crippen LogP) is 1.09. The number of hydrogen-bond donors (Lipinski definition) is 0. The Balaban J connectivity index is 2.59. The van der Waals surface area contributed by atoms with E-state index in [4.69, 9.17) is 10.9 Å². The van der Waals surface area contributed by atoms with Crippen LogP contribution in [0.4, 0.5) is 0 Å². The summed E-state index contributed by atoms with van der Waals surface area (Å²) in [6.45, 7) is 5.50. The van der Waals surface area contributed by atoms with Gasteiger partial charge in [0.15, 0.2) is 5.82 Å². The average molecular weight is 217 g/mol. The standard InChI is InChI=1S/C12H15N3O/c1-4-7-9-15(8-5-2)10-11-13-12(6-3)16-14-11/h2H,6,8-10H2,1,3H3. The second-order valence-electron chi connectivity index (χ2n) is 3.23. The molecule has 0 aliphatic heterocycles. The van der Waals surface area contributed by atoms with Gasteiger partial charge in [-0.3, -0.25) is 4.90 Å². The summed E-state index contributed by atoms with van der Waals surface area (Å²) in [5.41, 5.74) is 0. The summed E-state index contributed by atoms with van der Waals surface area (Å²) in [6, 6.07) is 0. The Labute approximate surface area is 96.0 Å². The van der Waals surface area contributed by atoms with Crippen molar-refractivity contribution in [2.45, 2.75) is 26.8 Å². The van der Waals surface area contributed by atoms with Crippen molar-refractivity contribution in [2.24, 2.45) is 0 Å². The Morgan fingerprint density at radius 1 is 1.44 bits per heavy atom. The average Bonchev–Trinajstić information content (AvgIpc) is 2.74. The molecule has 0 aliphatic carbocycles. The topological polar surface area (TPSA) is 42.2 Å². The van der Waals surface area contributed by atoms with Crippen molar-refractivity contribution in [3.05, 3.63) is 11.7 Å². The lowest BCUT2D eigenvalue weighted by atomic mass is 10.4. The van der Waals surface area contributed by atoms with E-state index in [1.807, 2.05) is 11.8 Å². The first-order valence-electron chi connectivity index (χ1n) is 5.17. The highest BCUT2D eigenvalue weighted by Gasteiger charge is 2.09. The molecule has 0 amide bonds. The van der Waals surface area contributed by atoms with E-state index in [2.05, 4.69) is 27.9 Å². The van der Waals surface area contributed by atoms with Crippen LogP contribution in [0, 0.1) is 24.2 Å². The highest BCUT2D eigenvalue weighted by atomic mass is 16.5. The zero-order valence-electron chi connectivity index (χ0n) is 9.66. The molecule has 1 heterocycles. The van der Waals surface area contributed by atoms with Gasteiger partial charge in [0, 0.05) is 6.42 Å². The van der Waals surface area contributed by atoms with Crippen molar-refractivity contribution in [1.82, 2.24) is 15.0 Å². The summed E-state index contributed by atoms with van der Waals surface area (Å²) in [4.78, 5) is 6.21. The smallest absolute Gasteiger partial charge is 0.226 e. The molecule has 0 aromatic carbocycles. The summed E-state index contributed by atoms with van der Waals surface area (Å²) in [6.07, 6.45) is 6.03. The van der Waals surface area contributed by atoms with Crippen molar-refractivity contribution in [3.63, 3.8) is 0 Å². The SMILES string of the molecule is C#CCN(CC#CC)Cc1noc(CC)n1.